The third-order valence-electron chi connectivity index (χ3n) is 3.54. The van der Waals surface area contributed by atoms with Crippen LogP contribution in [0.15, 0.2) is 11.6 Å². The van der Waals surface area contributed by atoms with Crippen molar-refractivity contribution >= 4 is 0 Å². The van der Waals surface area contributed by atoms with Crippen molar-refractivity contribution in [1.82, 2.24) is 0 Å². The predicted octanol–water partition coefficient (Wildman–Crippen LogP) is 3.78. The summed E-state index contributed by atoms with van der Waals surface area (Å²) in [6, 6.07) is 0. The number of hydrogen-bond acceptors (Lipinski definition) is 0. The lowest BCUT2D eigenvalue weighted by Gasteiger charge is -2.37. The van der Waals surface area contributed by atoms with E-state index in [0.29, 0.717) is 5.41 Å². The normalized spacial score (nSPS) is 38.5. The van der Waals surface area contributed by atoms with Gasteiger partial charge in [0.25, 0.3) is 0 Å². The Labute approximate surface area is 70.7 Å². The Bertz CT molecular complexity index is 167. The Morgan fingerprint density at radius 1 is 1.64 bits per heavy atom. The highest BCUT2D eigenvalue weighted by Crippen LogP contribution is 2.42. The van der Waals surface area contributed by atoms with Crippen molar-refractivity contribution in [3.05, 3.63) is 11.6 Å². The zero-order valence-electron chi connectivity index (χ0n) is 8.28. The summed E-state index contributed by atoms with van der Waals surface area (Å²) in [6.45, 7) is 9.37. The summed E-state index contributed by atoms with van der Waals surface area (Å²) in [7, 11) is 0. The van der Waals surface area contributed by atoms with Gasteiger partial charge in [-0.2, -0.15) is 0 Å². The summed E-state index contributed by atoms with van der Waals surface area (Å²) in [5, 5.41) is 0. The molecule has 0 saturated heterocycles. The number of allylic oxidation sites excluding steroid dienone is 2. The SMILES string of the molecule is CCC1(C)CC=C(C)CC1C. The smallest absolute Gasteiger partial charge is 0.0265 e. The van der Waals surface area contributed by atoms with Crippen LogP contribution in [0.25, 0.3) is 0 Å². The molecule has 0 fully saturated rings. The molecule has 1 aliphatic rings. The van der Waals surface area contributed by atoms with Crippen LogP contribution in [0.5, 0.6) is 0 Å². The Balaban J connectivity index is 2.72. The molecule has 2 atom stereocenters. The van der Waals surface area contributed by atoms with Crippen molar-refractivity contribution in [2.24, 2.45) is 11.3 Å². The van der Waals surface area contributed by atoms with Crippen molar-refractivity contribution < 1.29 is 0 Å². The van der Waals surface area contributed by atoms with Crippen LogP contribution in [0.3, 0.4) is 0 Å². The first-order chi connectivity index (χ1) is 5.08. The van der Waals surface area contributed by atoms with Gasteiger partial charge in [0.05, 0.1) is 0 Å². The molecule has 0 aromatic rings. The first kappa shape index (κ1) is 8.83. The molecule has 0 aliphatic heterocycles. The average Bonchev–Trinajstić information content (AvgIpc) is 1.98. The van der Waals surface area contributed by atoms with Crippen LogP contribution < -0.4 is 0 Å². The molecule has 0 amide bonds. The van der Waals surface area contributed by atoms with Gasteiger partial charge in [-0.25, -0.2) is 0 Å². The molecule has 0 radical (unpaired) electrons. The predicted molar refractivity (Wildman–Crippen MR) is 50.6 cm³/mol. The number of hydrogen-bond donors (Lipinski definition) is 0. The van der Waals surface area contributed by atoms with Gasteiger partial charge in [0, 0.05) is 0 Å². The third kappa shape index (κ3) is 1.66. The van der Waals surface area contributed by atoms with Gasteiger partial charge >= 0.3 is 0 Å². The van der Waals surface area contributed by atoms with E-state index >= 15 is 0 Å². The van der Waals surface area contributed by atoms with E-state index in [1.165, 1.54) is 19.3 Å². The zero-order chi connectivity index (χ0) is 8.48. The summed E-state index contributed by atoms with van der Waals surface area (Å²) in [4.78, 5) is 0. The van der Waals surface area contributed by atoms with Gasteiger partial charge < -0.3 is 0 Å². The van der Waals surface area contributed by atoms with Crippen LogP contribution in [0, 0.1) is 11.3 Å². The van der Waals surface area contributed by atoms with Crippen molar-refractivity contribution in [2.75, 3.05) is 0 Å². The van der Waals surface area contributed by atoms with Gasteiger partial charge in [0.2, 0.25) is 0 Å². The van der Waals surface area contributed by atoms with E-state index < -0.39 is 0 Å². The summed E-state index contributed by atoms with van der Waals surface area (Å²) in [6.07, 6.45) is 6.34. The molecule has 0 bridgehead atoms. The van der Waals surface area contributed by atoms with Gasteiger partial charge in [-0.1, -0.05) is 38.8 Å². The second-order valence-corrected chi connectivity index (χ2v) is 4.37. The molecule has 0 aromatic carbocycles. The highest BCUT2D eigenvalue weighted by molar-refractivity contribution is 5.08. The molecule has 0 spiro atoms. The standard InChI is InChI=1S/C11H20/c1-5-11(4)7-6-9(2)8-10(11)3/h6,10H,5,7-8H2,1-4H3. The van der Waals surface area contributed by atoms with Gasteiger partial charge in [-0.3, -0.25) is 0 Å². The minimum atomic E-state index is 0.583. The van der Waals surface area contributed by atoms with E-state index in [1.54, 1.807) is 5.57 Å². The molecule has 1 rings (SSSR count). The number of rotatable bonds is 1. The Morgan fingerprint density at radius 2 is 2.27 bits per heavy atom. The van der Waals surface area contributed by atoms with Gasteiger partial charge in [-0.05, 0) is 31.1 Å². The van der Waals surface area contributed by atoms with Crippen molar-refractivity contribution in [2.45, 2.75) is 47.0 Å². The van der Waals surface area contributed by atoms with E-state index in [9.17, 15) is 0 Å². The fourth-order valence-corrected chi connectivity index (χ4v) is 1.91. The largest absolute Gasteiger partial charge is 0.0850 e. The lowest BCUT2D eigenvalue weighted by Crippen LogP contribution is -2.27. The Kier molecular flexibility index (Phi) is 2.41. The fourth-order valence-electron chi connectivity index (χ4n) is 1.91. The van der Waals surface area contributed by atoms with Crippen molar-refractivity contribution in [3.63, 3.8) is 0 Å². The van der Waals surface area contributed by atoms with E-state index in [0.717, 1.165) is 5.92 Å². The van der Waals surface area contributed by atoms with Crippen LogP contribution in [0.4, 0.5) is 0 Å². The molecule has 2 unspecified atom stereocenters. The summed E-state index contributed by atoms with van der Waals surface area (Å²) >= 11 is 0. The third-order valence-corrected chi connectivity index (χ3v) is 3.54. The van der Waals surface area contributed by atoms with E-state index in [2.05, 4.69) is 33.8 Å². The second-order valence-electron chi connectivity index (χ2n) is 4.37. The Hall–Kier alpha value is -0.260. The molecule has 0 heterocycles. The van der Waals surface area contributed by atoms with E-state index in [-0.39, 0.29) is 0 Å². The minimum absolute atomic E-state index is 0.583. The molecular weight excluding hydrogens is 132 g/mol. The van der Waals surface area contributed by atoms with Crippen LogP contribution in [-0.4, -0.2) is 0 Å². The van der Waals surface area contributed by atoms with Crippen LogP contribution >= 0.6 is 0 Å². The summed E-state index contributed by atoms with van der Waals surface area (Å²) in [5.41, 5.74) is 2.17. The molecular formula is C11H20. The van der Waals surface area contributed by atoms with Crippen LogP contribution in [-0.2, 0) is 0 Å². The maximum Gasteiger partial charge on any atom is -0.0265 e. The zero-order valence-corrected chi connectivity index (χ0v) is 8.28. The second kappa shape index (κ2) is 3.00. The first-order valence-corrected chi connectivity index (χ1v) is 4.74. The highest BCUT2D eigenvalue weighted by atomic mass is 14.4. The summed E-state index contributed by atoms with van der Waals surface area (Å²) < 4.78 is 0. The highest BCUT2D eigenvalue weighted by Gasteiger charge is 2.30. The molecule has 11 heavy (non-hydrogen) atoms. The van der Waals surface area contributed by atoms with Crippen molar-refractivity contribution in [3.8, 4) is 0 Å². The first-order valence-electron chi connectivity index (χ1n) is 4.74. The van der Waals surface area contributed by atoms with Gasteiger partial charge in [0.15, 0.2) is 0 Å². The quantitative estimate of drug-likeness (QED) is 0.502. The molecule has 0 nitrogen and oxygen atoms in total. The molecule has 64 valence electrons. The van der Waals surface area contributed by atoms with Crippen LogP contribution in [0.2, 0.25) is 0 Å². The maximum atomic E-state index is 2.42. The van der Waals surface area contributed by atoms with E-state index in [1.807, 2.05) is 0 Å². The minimum Gasteiger partial charge on any atom is -0.0850 e. The molecule has 1 aliphatic carbocycles. The lowest BCUT2D eigenvalue weighted by molar-refractivity contribution is 0.182. The monoisotopic (exact) mass is 152 g/mol. The van der Waals surface area contributed by atoms with Crippen LogP contribution in [0.1, 0.15) is 47.0 Å². The molecule has 0 saturated carbocycles. The maximum absolute atomic E-state index is 2.42. The van der Waals surface area contributed by atoms with Crippen molar-refractivity contribution in [1.29, 1.82) is 0 Å². The topological polar surface area (TPSA) is 0 Å². The Morgan fingerprint density at radius 3 is 2.73 bits per heavy atom. The van der Waals surface area contributed by atoms with Gasteiger partial charge in [-0.15, -0.1) is 0 Å². The fraction of sp³-hybridized carbons (Fsp3) is 0.818. The summed E-state index contributed by atoms with van der Waals surface area (Å²) in [5.74, 6) is 0.873. The van der Waals surface area contributed by atoms with E-state index in [4.69, 9.17) is 0 Å². The van der Waals surface area contributed by atoms with Gasteiger partial charge in [0.1, 0.15) is 0 Å². The molecule has 0 aromatic heterocycles. The average molecular weight is 152 g/mol. The lowest BCUT2D eigenvalue weighted by atomic mass is 9.68. The molecule has 0 heteroatoms. The molecule has 0 N–H and O–H groups in total.